The number of pyridine rings is 1. The van der Waals surface area contributed by atoms with Crippen LogP contribution in [-0.2, 0) is 0 Å². The lowest BCUT2D eigenvalue weighted by Crippen LogP contribution is -2.56. The first kappa shape index (κ1) is 18.4. The van der Waals surface area contributed by atoms with Crippen LogP contribution in [0, 0.1) is 6.92 Å². The van der Waals surface area contributed by atoms with Gasteiger partial charge in [0.1, 0.15) is 5.52 Å². The SMILES string of the molecule is CC.CCC1CN[C@H](CC)CN1c1nc(=O)[nH]c2ccc(C)nc12. The van der Waals surface area contributed by atoms with Crippen LogP contribution in [0.25, 0.3) is 11.0 Å². The molecule has 24 heavy (non-hydrogen) atoms. The second-order valence-electron chi connectivity index (χ2n) is 5.94. The van der Waals surface area contributed by atoms with Gasteiger partial charge in [0.25, 0.3) is 0 Å². The summed E-state index contributed by atoms with van der Waals surface area (Å²) in [7, 11) is 0. The van der Waals surface area contributed by atoms with Gasteiger partial charge >= 0.3 is 5.69 Å². The first-order chi connectivity index (χ1) is 11.6. The van der Waals surface area contributed by atoms with Gasteiger partial charge in [-0.1, -0.05) is 27.7 Å². The van der Waals surface area contributed by atoms with E-state index < -0.39 is 0 Å². The topological polar surface area (TPSA) is 73.9 Å². The van der Waals surface area contributed by atoms with Gasteiger partial charge in [0.15, 0.2) is 5.82 Å². The number of hydrogen-bond donors (Lipinski definition) is 2. The average Bonchev–Trinajstić information content (AvgIpc) is 2.62. The highest BCUT2D eigenvalue weighted by atomic mass is 16.1. The Hall–Kier alpha value is -1.95. The lowest BCUT2D eigenvalue weighted by atomic mass is 10.0. The molecule has 0 aliphatic carbocycles. The maximum Gasteiger partial charge on any atom is 0.347 e. The molecule has 0 aromatic carbocycles. The number of rotatable bonds is 3. The zero-order valence-corrected chi connectivity index (χ0v) is 15.4. The highest BCUT2D eigenvalue weighted by Gasteiger charge is 2.28. The van der Waals surface area contributed by atoms with Crippen LogP contribution in [0.1, 0.15) is 46.2 Å². The summed E-state index contributed by atoms with van der Waals surface area (Å²) in [5.74, 6) is 0.717. The van der Waals surface area contributed by atoms with E-state index in [1.165, 1.54) is 0 Å². The molecule has 132 valence electrons. The van der Waals surface area contributed by atoms with Crippen LogP contribution in [0.2, 0.25) is 0 Å². The second-order valence-corrected chi connectivity index (χ2v) is 5.94. The van der Waals surface area contributed by atoms with Crippen molar-refractivity contribution in [1.29, 1.82) is 0 Å². The summed E-state index contributed by atoms with van der Waals surface area (Å²) in [4.78, 5) is 25.9. The highest BCUT2D eigenvalue weighted by molar-refractivity contribution is 5.85. The van der Waals surface area contributed by atoms with Crippen molar-refractivity contribution >= 4 is 16.9 Å². The lowest BCUT2D eigenvalue weighted by Gasteiger charge is -2.40. The minimum absolute atomic E-state index is 0.311. The third-order valence-electron chi connectivity index (χ3n) is 4.43. The Balaban J connectivity index is 0.00000100. The molecule has 1 aliphatic heterocycles. The molecular formula is C18H29N5O. The van der Waals surface area contributed by atoms with E-state index in [1.54, 1.807) is 0 Å². The van der Waals surface area contributed by atoms with Crippen molar-refractivity contribution in [3.63, 3.8) is 0 Å². The molecule has 0 bridgehead atoms. The van der Waals surface area contributed by atoms with Crippen molar-refractivity contribution in [3.8, 4) is 0 Å². The van der Waals surface area contributed by atoms with E-state index in [0.29, 0.717) is 17.9 Å². The van der Waals surface area contributed by atoms with Crippen LogP contribution in [0.4, 0.5) is 5.82 Å². The number of hydrogen-bond acceptors (Lipinski definition) is 5. The summed E-state index contributed by atoms with van der Waals surface area (Å²) >= 11 is 0. The molecule has 0 spiro atoms. The van der Waals surface area contributed by atoms with Gasteiger partial charge in [0.2, 0.25) is 0 Å². The number of H-pyrrole nitrogens is 1. The zero-order chi connectivity index (χ0) is 17.7. The molecule has 2 aromatic heterocycles. The monoisotopic (exact) mass is 331 g/mol. The molecule has 3 rings (SSSR count). The quantitative estimate of drug-likeness (QED) is 0.904. The summed E-state index contributed by atoms with van der Waals surface area (Å²) in [5.41, 5.74) is 2.16. The summed E-state index contributed by atoms with van der Waals surface area (Å²) in [5, 5.41) is 3.57. The first-order valence-corrected chi connectivity index (χ1v) is 9.00. The van der Waals surface area contributed by atoms with Crippen molar-refractivity contribution in [3.05, 3.63) is 28.3 Å². The van der Waals surface area contributed by atoms with Gasteiger partial charge in [-0.2, -0.15) is 4.98 Å². The van der Waals surface area contributed by atoms with E-state index in [9.17, 15) is 4.79 Å². The van der Waals surface area contributed by atoms with Crippen LogP contribution in [0.15, 0.2) is 16.9 Å². The average molecular weight is 331 g/mol. The van der Waals surface area contributed by atoms with E-state index in [4.69, 9.17) is 0 Å². The zero-order valence-electron chi connectivity index (χ0n) is 15.4. The maximum atomic E-state index is 11.9. The first-order valence-electron chi connectivity index (χ1n) is 9.00. The van der Waals surface area contributed by atoms with Gasteiger partial charge in [-0.15, -0.1) is 0 Å². The van der Waals surface area contributed by atoms with Crippen LogP contribution >= 0.6 is 0 Å². The summed E-state index contributed by atoms with van der Waals surface area (Å²) in [6.45, 7) is 12.1. The molecule has 0 saturated carbocycles. The molecule has 2 atom stereocenters. The fraction of sp³-hybridized carbons (Fsp3) is 0.611. The lowest BCUT2D eigenvalue weighted by molar-refractivity contribution is 0.377. The van der Waals surface area contributed by atoms with Crippen molar-refractivity contribution < 1.29 is 0 Å². The van der Waals surface area contributed by atoms with Gasteiger partial charge in [0, 0.05) is 30.9 Å². The van der Waals surface area contributed by atoms with E-state index >= 15 is 0 Å². The predicted molar refractivity (Wildman–Crippen MR) is 99.8 cm³/mol. The van der Waals surface area contributed by atoms with Crippen molar-refractivity contribution in [1.82, 2.24) is 20.3 Å². The molecule has 1 unspecified atom stereocenters. The van der Waals surface area contributed by atoms with Crippen LogP contribution in [-0.4, -0.2) is 40.1 Å². The van der Waals surface area contributed by atoms with Crippen LogP contribution < -0.4 is 15.9 Å². The van der Waals surface area contributed by atoms with Crippen LogP contribution in [0.3, 0.4) is 0 Å². The van der Waals surface area contributed by atoms with Gasteiger partial charge in [-0.3, -0.25) is 0 Å². The number of aromatic nitrogens is 3. The minimum Gasteiger partial charge on any atom is -0.349 e. The Labute approximate surface area is 143 Å². The Morgan fingerprint density at radius 1 is 1.21 bits per heavy atom. The van der Waals surface area contributed by atoms with Gasteiger partial charge in [-0.25, -0.2) is 9.78 Å². The van der Waals surface area contributed by atoms with Crippen molar-refractivity contribution in [2.75, 3.05) is 18.0 Å². The Kier molecular flexibility index (Phi) is 6.31. The molecule has 2 N–H and O–H groups in total. The fourth-order valence-electron chi connectivity index (χ4n) is 3.08. The maximum absolute atomic E-state index is 11.9. The molecule has 6 heteroatoms. The molecule has 0 radical (unpaired) electrons. The summed E-state index contributed by atoms with van der Waals surface area (Å²) in [6.07, 6.45) is 2.06. The third kappa shape index (κ3) is 3.75. The molecule has 3 heterocycles. The predicted octanol–water partition coefficient (Wildman–Crippen LogP) is 2.62. The summed E-state index contributed by atoms with van der Waals surface area (Å²) in [6, 6.07) is 4.57. The minimum atomic E-state index is -0.311. The highest BCUT2D eigenvalue weighted by Crippen LogP contribution is 2.25. The Morgan fingerprint density at radius 2 is 1.96 bits per heavy atom. The number of fused-ring (bicyclic) bond motifs is 1. The van der Waals surface area contributed by atoms with E-state index in [1.807, 2.05) is 32.9 Å². The normalized spacial score (nSPS) is 20.6. The standard InChI is InChI=1S/C16H23N5O.C2H6/c1-4-11-9-21(12(5-2)8-17-11)15-14-13(19-16(22)20-15)7-6-10(3)18-14;1-2/h6-7,11-12,17H,4-5,8-9H2,1-3H3,(H,19,20,22);1-2H3/t11-,12?;/m1./s1. The molecule has 6 nitrogen and oxygen atoms in total. The molecular weight excluding hydrogens is 302 g/mol. The largest absolute Gasteiger partial charge is 0.349 e. The number of aromatic amines is 1. The van der Waals surface area contributed by atoms with Crippen molar-refractivity contribution in [2.24, 2.45) is 0 Å². The second kappa shape index (κ2) is 8.24. The Morgan fingerprint density at radius 3 is 2.62 bits per heavy atom. The molecule has 1 aliphatic rings. The number of nitrogens with one attached hydrogen (secondary N) is 2. The summed E-state index contributed by atoms with van der Waals surface area (Å²) < 4.78 is 0. The van der Waals surface area contributed by atoms with Gasteiger partial charge < -0.3 is 15.2 Å². The van der Waals surface area contributed by atoms with Crippen LogP contribution in [0.5, 0.6) is 0 Å². The number of anilines is 1. The number of aryl methyl sites for hydroxylation is 1. The van der Waals surface area contributed by atoms with E-state index in [2.05, 4.69) is 39.0 Å². The molecule has 0 amide bonds. The number of piperazine rings is 1. The third-order valence-corrected chi connectivity index (χ3v) is 4.43. The smallest absolute Gasteiger partial charge is 0.347 e. The molecule has 2 aromatic rings. The van der Waals surface area contributed by atoms with Crippen molar-refractivity contribution in [2.45, 2.75) is 59.5 Å². The molecule has 1 saturated heterocycles. The fourth-order valence-corrected chi connectivity index (χ4v) is 3.08. The van der Waals surface area contributed by atoms with Gasteiger partial charge in [0.05, 0.1) is 5.52 Å². The number of nitrogens with zero attached hydrogens (tertiary/aromatic N) is 3. The Bertz CT molecular complexity index is 727. The molecule has 1 fully saturated rings. The van der Waals surface area contributed by atoms with E-state index in [-0.39, 0.29) is 5.69 Å². The van der Waals surface area contributed by atoms with Gasteiger partial charge in [-0.05, 0) is 31.9 Å². The van der Waals surface area contributed by atoms with E-state index in [0.717, 1.165) is 42.7 Å².